The van der Waals surface area contributed by atoms with Crippen molar-refractivity contribution in [3.05, 3.63) is 98.3 Å². The van der Waals surface area contributed by atoms with E-state index in [1.165, 1.54) is 28.8 Å². The number of halogens is 2. The van der Waals surface area contributed by atoms with E-state index in [1.54, 1.807) is 12.1 Å². The van der Waals surface area contributed by atoms with Gasteiger partial charge in [-0.1, -0.05) is 12.1 Å². The van der Waals surface area contributed by atoms with Gasteiger partial charge >= 0.3 is 5.69 Å². The topological polar surface area (TPSA) is 87.1 Å². The minimum Gasteiger partial charge on any atom is -0.365 e. The molecule has 1 heterocycles. The molecule has 0 radical (unpaired) electrons. The predicted octanol–water partition coefficient (Wildman–Crippen LogP) is 1.62. The molecular weight excluding hydrogens is 356 g/mol. The molecule has 3 rings (SSSR count). The first-order valence-corrected chi connectivity index (χ1v) is 8.03. The molecule has 6 nitrogen and oxygen atoms in total. The van der Waals surface area contributed by atoms with Crippen LogP contribution in [0.5, 0.6) is 0 Å². The van der Waals surface area contributed by atoms with Crippen LogP contribution in [0.15, 0.2) is 64.3 Å². The molecule has 1 amide bonds. The average molecular weight is 371 g/mol. The zero-order valence-electron chi connectivity index (χ0n) is 14.1. The molecule has 0 aliphatic carbocycles. The Hall–Kier alpha value is -3.55. The molecule has 0 unspecified atom stereocenters. The number of amides is 1. The van der Waals surface area contributed by atoms with Gasteiger partial charge in [-0.15, -0.1) is 0 Å². The zero-order chi connectivity index (χ0) is 19.6. The van der Waals surface area contributed by atoms with Gasteiger partial charge < -0.3 is 5.73 Å². The molecule has 27 heavy (non-hydrogen) atoms. The first-order valence-electron chi connectivity index (χ1n) is 8.03. The zero-order valence-corrected chi connectivity index (χ0v) is 14.1. The summed E-state index contributed by atoms with van der Waals surface area (Å²) in [5.41, 5.74) is 4.21. The summed E-state index contributed by atoms with van der Waals surface area (Å²) >= 11 is 0. The monoisotopic (exact) mass is 371 g/mol. The van der Waals surface area contributed by atoms with Crippen molar-refractivity contribution in [3.63, 3.8) is 0 Å². The summed E-state index contributed by atoms with van der Waals surface area (Å²) in [5, 5.41) is 0. The maximum atomic E-state index is 13.2. The lowest BCUT2D eigenvalue weighted by Crippen LogP contribution is -2.42. The molecule has 138 valence electrons. The number of primary amides is 1. The molecule has 8 heteroatoms. The number of hydrogen-bond donors (Lipinski definition) is 1. The molecule has 0 saturated carbocycles. The SMILES string of the molecule is NC(=O)c1cn(CCc2ccc(F)cc2)c(=O)n(-c2ccc(F)cc2)c1=O. The van der Waals surface area contributed by atoms with Crippen LogP contribution in [0.2, 0.25) is 0 Å². The highest BCUT2D eigenvalue weighted by atomic mass is 19.1. The predicted molar refractivity (Wildman–Crippen MR) is 94.9 cm³/mol. The lowest BCUT2D eigenvalue weighted by molar-refractivity contribution is 0.0997. The van der Waals surface area contributed by atoms with Gasteiger partial charge in [0.15, 0.2) is 0 Å². The van der Waals surface area contributed by atoms with Crippen molar-refractivity contribution in [3.8, 4) is 5.69 Å². The Balaban J connectivity index is 2.07. The Labute approximate surface area is 152 Å². The normalized spacial score (nSPS) is 10.7. The molecule has 0 saturated heterocycles. The van der Waals surface area contributed by atoms with Crippen LogP contribution in [0.1, 0.15) is 15.9 Å². The Morgan fingerprint density at radius 2 is 1.48 bits per heavy atom. The summed E-state index contributed by atoms with van der Waals surface area (Å²) in [6.45, 7) is 0.131. The lowest BCUT2D eigenvalue weighted by atomic mass is 10.1. The van der Waals surface area contributed by atoms with Crippen LogP contribution in [0.4, 0.5) is 8.78 Å². The molecule has 2 aromatic carbocycles. The van der Waals surface area contributed by atoms with Crippen LogP contribution in [-0.4, -0.2) is 15.0 Å². The van der Waals surface area contributed by atoms with Crippen LogP contribution >= 0.6 is 0 Å². The van der Waals surface area contributed by atoms with E-state index in [2.05, 4.69) is 0 Å². The maximum Gasteiger partial charge on any atom is 0.335 e. The van der Waals surface area contributed by atoms with E-state index in [0.717, 1.165) is 28.5 Å². The quantitative estimate of drug-likeness (QED) is 0.739. The second-order valence-corrected chi connectivity index (χ2v) is 5.88. The van der Waals surface area contributed by atoms with Crippen molar-refractivity contribution in [2.75, 3.05) is 0 Å². The van der Waals surface area contributed by atoms with Crippen LogP contribution < -0.4 is 17.0 Å². The van der Waals surface area contributed by atoms with Gasteiger partial charge in [0.25, 0.3) is 11.5 Å². The maximum absolute atomic E-state index is 13.2. The number of aryl methyl sites for hydroxylation is 2. The number of carbonyl (C=O) groups excluding carboxylic acids is 1. The number of nitrogens with two attached hydrogens (primary N) is 1. The van der Waals surface area contributed by atoms with Crippen molar-refractivity contribution < 1.29 is 13.6 Å². The Kier molecular flexibility index (Phi) is 4.98. The minimum atomic E-state index is -0.980. The van der Waals surface area contributed by atoms with Crippen LogP contribution in [0, 0.1) is 11.6 Å². The van der Waals surface area contributed by atoms with E-state index in [-0.39, 0.29) is 23.6 Å². The molecule has 0 bridgehead atoms. The third kappa shape index (κ3) is 3.84. The van der Waals surface area contributed by atoms with E-state index in [1.807, 2.05) is 0 Å². The highest BCUT2D eigenvalue weighted by molar-refractivity contribution is 5.92. The summed E-state index contributed by atoms with van der Waals surface area (Å²) in [4.78, 5) is 36.9. The fourth-order valence-corrected chi connectivity index (χ4v) is 2.65. The van der Waals surface area contributed by atoms with E-state index in [4.69, 9.17) is 5.73 Å². The molecule has 1 aromatic heterocycles. The van der Waals surface area contributed by atoms with Crippen molar-refractivity contribution in [1.29, 1.82) is 0 Å². The molecule has 3 aromatic rings. The van der Waals surface area contributed by atoms with E-state index in [0.29, 0.717) is 6.42 Å². The molecule has 0 atom stereocenters. The average Bonchev–Trinajstić information content (AvgIpc) is 2.64. The number of rotatable bonds is 5. The van der Waals surface area contributed by atoms with E-state index in [9.17, 15) is 23.2 Å². The third-order valence-corrected chi connectivity index (χ3v) is 4.06. The van der Waals surface area contributed by atoms with E-state index >= 15 is 0 Å². The second kappa shape index (κ2) is 7.36. The summed E-state index contributed by atoms with van der Waals surface area (Å²) in [6.07, 6.45) is 1.47. The smallest absolute Gasteiger partial charge is 0.335 e. The van der Waals surface area contributed by atoms with Gasteiger partial charge in [-0.25, -0.2) is 18.1 Å². The fraction of sp³-hybridized carbons (Fsp3) is 0.105. The first-order chi connectivity index (χ1) is 12.9. The summed E-state index contributed by atoms with van der Waals surface area (Å²) in [5.74, 6) is -1.89. The van der Waals surface area contributed by atoms with Crippen molar-refractivity contribution in [1.82, 2.24) is 9.13 Å². The number of hydrogen-bond acceptors (Lipinski definition) is 3. The van der Waals surface area contributed by atoms with Gasteiger partial charge in [-0.05, 0) is 48.4 Å². The highest BCUT2D eigenvalue weighted by Crippen LogP contribution is 2.07. The van der Waals surface area contributed by atoms with Gasteiger partial charge in [0, 0.05) is 12.7 Å². The highest BCUT2D eigenvalue weighted by Gasteiger charge is 2.16. The van der Waals surface area contributed by atoms with Gasteiger partial charge in [0.05, 0.1) is 5.69 Å². The van der Waals surface area contributed by atoms with E-state index < -0.39 is 23.0 Å². The fourth-order valence-electron chi connectivity index (χ4n) is 2.65. The van der Waals surface area contributed by atoms with Crippen LogP contribution in [-0.2, 0) is 13.0 Å². The second-order valence-electron chi connectivity index (χ2n) is 5.88. The van der Waals surface area contributed by atoms with Crippen LogP contribution in [0.3, 0.4) is 0 Å². The summed E-state index contributed by atoms with van der Waals surface area (Å²) in [6, 6.07) is 10.5. The minimum absolute atomic E-state index is 0.116. The Morgan fingerprint density at radius 1 is 0.926 bits per heavy atom. The van der Waals surface area contributed by atoms with Gasteiger partial charge in [-0.3, -0.25) is 14.2 Å². The number of benzene rings is 2. The molecule has 0 fully saturated rings. The Morgan fingerprint density at radius 3 is 2.04 bits per heavy atom. The van der Waals surface area contributed by atoms with Gasteiger partial charge in [0.2, 0.25) is 0 Å². The number of carbonyl (C=O) groups is 1. The number of nitrogens with zero attached hydrogens (tertiary/aromatic N) is 2. The first kappa shape index (κ1) is 18.2. The standard InChI is InChI=1S/C19H15F2N3O3/c20-13-3-1-12(2-4-13)9-10-23-11-16(17(22)25)18(26)24(19(23)27)15-7-5-14(21)6-8-15/h1-8,11H,9-10H2,(H2,22,25). The van der Waals surface area contributed by atoms with Crippen molar-refractivity contribution >= 4 is 5.91 Å². The van der Waals surface area contributed by atoms with Gasteiger partial charge in [0.1, 0.15) is 17.2 Å². The largest absolute Gasteiger partial charge is 0.365 e. The molecular formula is C19H15F2N3O3. The Bertz CT molecular complexity index is 1100. The molecule has 0 spiro atoms. The molecule has 0 aliphatic rings. The van der Waals surface area contributed by atoms with Crippen LogP contribution in [0.25, 0.3) is 5.69 Å². The van der Waals surface area contributed by atoms with Crippen molar-refractivity contribution in [2.24, 2.45) is 5.73 Å². The third-order valence-electron chi connectivity index (χ3n) is 4.06. The van der Waals surface area contributed by atoms with Crippen molar-refractivity contribution in [2.45, 2.75) is 13.0 Å². The lowest BCUT2D eigenvalue weighted by Gasteiger charge is -2.12. The number of aromatic nitrogens is 2. The molecule has 0 aliphatic heterocycles. The molecule has 2 N–H and O–H groups in total. The van der Waals surface area contributed by atoms with Gasteiger partial charge in [-0.2, -0.15) is 0 Å². The summed E-state index contributed by atoms with van der Waals surface area (Å²) < 4.78 is 28.1. The summed E-state index contributed by atoms with van der Waals surface area (Å²) in [7, 11) is 0.